The van der Waals surface area contributed by atoms with E-state index < -0.39 is 0 Å². The molecule has 0 amide bonds. The van der Waals surface area contributed by atoms with Crippen molar-refractivity contribution in [2.24, 2.45) is 0 Å². The highest BCUT2D eigenvalue weighted by Crippen LogP contribution is 2.22. The first-order valence-corrected chi connectivity index (χ1v) is 4.67. The van der Waals surface area contributed by atoms with Gasteiger partial charge in [-0.15, -0.1) is 0 Å². The number of carbonyl (C=O) groups is 1. The highest BCUT2D eigenvalue weighted by atomic mass is 16.5. The molecule has 0 heterocycles. The zero-order valence-electron chi connectivity index (χ0n) is 7.64. The second-order valence-electron chi connectivity index (χ2n) is 3.25. The maximum absolute atomic E-state index is 11.1. The largest absolute Gasteiger partial charge is 0.462 e. The Kier molecular flexibility index (Phi) is 4.08. The lowest BCUT2D eigenvalue weighted by Crippen LogP contribution is -2.25. The first kappa shape index (κ1) is 9.52. The summed E-state index contributed by atoms with van der Waals surface area (Å²) in [6, 6.07) is 0. The Hall–Kier alpha value is -0.570. The fourth-order valence-electron chi connectivity index (χ4n) is 1.14. The number of hydrogen-bond donors (Lipinski definition) is 1. The average molecular weight is 171 g/mol. The van der Waals surface area contributed by atoms with Gasteiger partial charge in [0.2, 0.25) is 0 Å². The summed E-state index contributed by atoms with van der Waals surface area (Å²) in [6.45, 7) is 0.889. The summed E-state index contributed by atoms with van der Waals surface area (Å²) >= 11 is 0. The molecule has 0 aromatic rings. The Labute approximate surface area is 73.5 Å². The van der Waals surface area contributed by atoms with E-state index in [1.54, 1.807) is 0 Å². The van der Waals surface area contributed by atoms with Crippen LogP contribution in [0.4, 0.5) is 0 Å². The van der Waals surface area contributed by atoms with E-state index in [4.69, 9.17) is 4.74 Å². The molecule has 12 heavy (non-hydrogen) atoms. The molecule has 0 unspecified atom stereocenters. The fraction of sp³-hybridized carbons (Fsp3) is 0.889. The molecular formula is C9H17NO2. The number of carbonyl (C=O) groups excluding carboxylic acids is 1. The molecule has 0 spiro atoms. The first-order valence-electron chi connectivity index (χ1n) is 4.67. The van der Waals surface area contributed by atoms with E-state index in [1.807, 2.05) is 7.05 Å². The van der Waals surface area contributed by atoms with Gasteiger partial charge < -0.3 is 10.1 Å². The zero-order chi connectivity index (χ0) is 8.81. The molecule has 0 aromatic heterocycles. The highest BCUT2D eigenvalue weighted by molar-refractivity contribution is 5.69. The van der Waals surface area contributed by atoms with Crippen LogP contribution in [0, 0.1) is 0 Å². The van der Waals surface area contributed by atoms with E-state index in [9.17, 15) is 4.79 Å². The molecule has 0 radical (unpaired) electrons. The summed E-state index contributed by atoms with van der Waals surface area (Å²) in [5, 5.41) is 3.00. The smallest absolute Gasteiger partial charge is 0.306 e. The average Bonchev–Trinajstić information content (AvgIpc) is 1.98. The third-order valence-corrected chi connectivity index (χ3v) is 2.16. The van der Waals surface area contributed by atoms with E-state index in [0.29, 0.717) is 6.42 Å². The van der Waals surface area contributed by atoms with Crippen molar-refractivity contribution >= 4 is 5.97 Å². The summed E-state index contributed by atoms with van der Waals surface area (Å²) in [5.41, 5.74) is 0. The lowest BCUT2D eigenvalue weighted by Gasteiger charge is -2.25. The van der Waals surface area contributed by atoms with Crippen molar-refractivity contribution < 1.29 is 9.53 Å². The monoisotopic (exact) mass is 171 g/mol. The van der Waals surface area contributed by atoms with Crippen LogP contribution in [0.25, 0.3) is 0 Å². The van der Waals surface area contributed by atoms with Crippen LogP contribution in [0.5, 0.6) is 0 Å². The summed E-state index contributed by atoms with van der Waals surface area (Å²) in [7, 11) is 1.89. The SMILES string of the molecule is CNCCCC(=O)OC1CCC1. The molecule has 3 heteroatoms. The van der Waals surface area contributed by atoms with Crippen molar-refractivity contribution in [3.8, 4) is 0 Å². The summed E-state index contributed by atoms with van der Waals surface area (Å²) in [5.74, 6) is -0.0325. The van der Waals surface area contributed by atoms with Gasteiger partial charge in [0.05, 0.1) is 0 Å². The second kappa shape index (κ2) is 5.14. The Balaban J connectivity index is 1.95. The third kappa shape index (κ3) is 3.22. The lowest BCUT2D eigenvalue weighted by molar-refractivity contribution is -0.153. The molecular weight excluding hydrogens is 154 g/mol. The predicted molar refractivity (Wildman–Crippen MR) is 46.9 cm³/mol. The molecule has 0 aliphatic heterocycles. The molecule has 1 rings (SSSR count). The normalized spacial score (nSPS) is 17.1. The molecule has 1 aliphatic rings. The number of hydrogen-bond acceptors (Lipinski definition) is 3. The van der Waals surface area contributed by atoms with E-state index >= 15 is 0 Å². The van der Waals surface area contributed by atoms with Crippen molar-refractivity contribution in [1.82, 2.24) is 5.32 Å². The molecule has 1 aliphatic carbocycles. The molecule has 0 atom stereocenters. The van der Waals surface area contributed by atoms with Gasteiger partial charge in [-0.3, -0.25) is 4.79 Å². The van der Waals surface area contributed by atoms with Crippen LogP contribution in [0.3, 0.4) is 0 Å². The van der Waals surface area contributed by atoms with Crippen molar-refractivity contribution in [1.29, 1.82) is 0 Å². The number of nitrogens with one attached hydrogen (secondary N) is 1. The number of ether oxygens (including phenoxy) is 1. The van der Waals surface area contributed by atoms with Crippen molar-refractivity contribution in [3.05, 3.63) is 0 Å². The lowest BCUT2D eigenvalue weighted by atomic mass is 9.96. The molecule has 1 saturated carbocycles. The molecule has 0 saturated heterocycles. The van der Waals surface area contributed by atoms with Gasteiger partial charge in [0.15, 0.2) is 0 Å². The van der Waals surface area contributed by atoms with Gasteiger partial charge in [-0.05, 0) is 39.3 Å². The fourth-order valence-corrected chi connectivity index (χ4v) is 1.14. The second-order valence-corrected chi connectivity index (χ2v) is 3.25. The van der Waals surface area contributed by atoms with Gasteiger partial charge >= 0.3 is 5.97 Å². The van der Waals surface area contributed by atoms with Gasteiger partial charge in [0.1, 0.15) is 6.10 Å². The van der Waals surface area contributed by atoms with Crippen LogP contribution in [-0.4, -0.2) is 25.7 Å². The van der Waals surface area contributed by atoms with Gasteiger partial charge in [-0.25, -0.2) is 0 Å². The van der Waals surface area contributed by atoms with Crippen LogP contribution in [0.2, 0.25) is 0 Å². The summed E-state index contributed by atoms with van der Waals surface area (Å²) in [6.07, 6.45) is 5.02. The predicted octanol–water partition coefficient (Wildman–Crippen LogP) is 1.08. The quantitative estimate of drug-likeness (QED) is 0.497. The highest BCUT2D eigenvalue weighted by Gasteiger charge is 2.20. The third-order valence-electron chi connectivity index (χ3n) is 2.16. The van der Waals surface area contributed by atoms with Gasteiger partial charge in [-0.1, -0.05) is 0 Å². The Morgan fingerprint density at radius 2 is 2.33 bits per heavy atom. The van der Waals surface area contributed by atoms with Crippen LogP contribution < -0.4 is 5.32 Å². The summed E-state index contributed by atoms with van der Waals surface area (Å²) in [4.78, 5) is 11.1. The van der Waals surface area contributed by atoms with E-state index in [2.05, 4.69) is 5.32 Å². The Bertz CT molecular complexity index is 143. The number of esters is 1. The maximum Gasteiger partial charge on any atom is 0.306 e. The Morgan fingerprint density at radius 3 is 2.83 bits per heavy atom. The van der Waals surface area contributed by atoms with Crippen molar-refractivity contribution in [2.45, 2.75) is 38.2 Å². The molecule has 1 fully saturated rings. The van der Waals surface area contributed by atoms with Crippen LogP contribution in [0.15, 0.2) is 0 Å². The van der Waals surface area contributed by atoms with Crippen LogP contribution >= 0.6 is 0 Å². The topological polar surface area (TPSA) is 38.3 Å². The van der Waals surface area contributed by atoms with Gasteiger partial charge in [0, 0.05) is 6.42 Å². The zero-order valence-corrected chi connectivity index (χ0v) is 7.64. The molecule has 0 aromatic carbocycles. The summed E-state index contributed by atoms with van der Waals surface area (Å²) < 4.78 is 5.17. The minimum atomic E-state index is -0.0325. The van der Waals surface area contributed by atoms with Crippen molar-refractivity contribution in [3.63, 3.8) is 0 Å². The number of rotatable bonds is 5. The molecule has 1 N–H and O–H groups in total. The minimum Gasteiger partial charge on any atom is -0.462 e. The van der Waals surface area contributed by atoms with Gasteiger partial charge in [-0.2, -0.15) is 0 Å². The standard InChI is InChI=1S/C9H17NO2/c1-10-7-3-6-9(11)12-8-4-2-5-8/h8,10H,2-7H2,1H3. The first-order chi connectivity index (χ1) is 5.83. The molecule has 0 bridgehead atoms. The van der Waals surface area contributed by atoms with Gasteiger partial charge in [0.25, 0.3) is 0 Å². The van der Waals surface area contributed by atoms with Crippen molar-refractivity contribution in [2.75, 3.05) is 13.6 Å². The van der Waals surface area contributed by atoms with E-state index in [1.165, 1.54) is 6.42 Å². The maximum atomic E-state index is 11.1. The Morgan fingerprint density at radius 1 is 1.58 bits per heavy atom. The van der Waals surface area contributed by atoms with Crippen LogP contribution in [-0.2, 0) is 9.53 Å². The molecule has 70 valence electrons. The minimum absolute atomic E-state index is 0.0325. The van der Waals surface area contributed by atoms with Crippen LogP contribution in [0.1, 0.15) is 32.1 Å². The van der Waals surface area contributed by atoms with E-state index in [-0.39, 0.29) is 12.1 Å². The van der Waals surface area contributed by atoms with E-state index in [0.717, 1.165) is 25.8 Å². The molecule has 3 nitrogen and oxygen atoms in total.